The molecule has 0 spiro atoms. The number of hydrogen-bond acceptors (Lipinski definition) is 3. The summed E-state index contributed by atoms with van der Waals surface area (Å²) in [5, 5.41) is 0. The van der Waals surface area contributed by atoms with Gasteiger partial charge >= 0.3 is 6.09 Å². The average Bonchev–Trinajstić information content (AvgIpc) is 2.52. The maximum Gasteiger partial charge on any atom is 0.410 e. The van der Waals surface area contributed by atoms with Gasteiger partial charge in [0.15, 0.2) is 5.78 Å². The molecule has 0 radical (unpaired) electrons. The van der Waals surface area contributed by atoms with E-state index in [1.54, 1.807) is 11.8 Å². The lowest BCUT2D eigenvalue weighted by molar-refractivity contribution is -0.125. The Bertz CT molecular complexity index is 579. The molecular weight excluding hydrogens is 266 g/mol. The van der Waals surface area contributed by atoms with E-state index in [9.17, 15) is 9.59 Å². The third-order valence-electron chi connectivity index (χ3n) is 4.23. The van der Waals surface area contributed by atoms with Crippen LogP contribution in [-0.4, -0.2) is 36.0 Å². The smallest absolute Gasteiger partial charge is 0.410 e. The van der Waals surface area contributed by atoms with Crippen molar-refractivity contribution in [2.45, 2.75) is 25.8 Å². The molecule has 3 aliphatic rings. The summed E-state index contributed by atoms with van der Waals surface area (Å²) in [4.78, 5) is 26.1. The first-order valence-corrected chi connectivity index (χ1v) is 7.45. The highest BCUT2D eigenvalue weighted by Gasteiger charge is 2.45. The quantitative estimate of drug-likeness (QED) is 0.785. The number of Topliss-reactive ketones (excluding diaryl/α,β-unsaturated/α-hetero) is 1. The zero-order valence-electron chi connectivity index (χ0n) is 12.1. The van der Waals surface area contributed by atoms with Crippen molar-refractivity contribution in [1.29, 1.82) is 0 Å². The zero-order valence-corrected chi connectivity index (χ0v) is 12.1. The first-order chi connectivity index (χ1) is 10.2. The minimum absolute atomic E-state index is 0.0782. The van der Waals surface area contributed by atoms with E-state index in [0.717, 1.165) is 24.0 Å². The van der Waals surface area contributed by atoms with Crippen LogP contribution in [0.15, 0.2) is 35.9 Å². The Kier molecular flexibility index (Phi) is 3.78. The Morgan fingerprint density at radius 1 is 1.33 bits per heavy atom. The predicted octanol–water partition coefficient (Wildman–Crippen LogP) is 2.89. The molecule has 1 amide bonds. The van der Waals surface area contributed by atoms with Gasteiger partial charge in [-0.05, 0) is 31.4 Å². The van der Waals surface area contributed by atoms with E-state index in [1.165, 1.54) is 0 Å². The summed E-state index contributed by atoms with van der Waals surface area (Å²) in [6.07, 6.45) is 3.32. The van der Waals surface area contributed by atoms with Gasteiger partial charge in [0, 0.05) is 18.0 Å². The van der Waals surface area contributed by atoms with Crippen LogP contribution in [0.25, 0.3) is 6.08 Å². The van der Waals surface area contributed by atoms with Crippen LogP contribution in [0.5, 0.6) is 0 Å². The van der Waals surface area contributed by atoms with E-state index in [-0.39, 0.29) is 23.8 Å². The number of amides is 1. The van der Waals surface area contributed by atoms with Crippen molar-refractivity contribution in [3.05, 3.63) is 41.5 Å². The summed E-state index contributed by atoms with van der Waals surface area (Å²) in [6.45, 7) is 2.71. The summed E-state index contributed by atoms with van der Waals surface area (Å²) in [6, 6.07) is 9.52. The molecule has 4 rings (SSSR count). The van der Waals surface area contributed by atoms with Gasteiger partial charge in [-0.3, -0.25) is 9.69 Å². The molecule has 2 saturated heterocycles. The molecule has 0 aromatic heterocycles. The van der Waals surface area contributed by atoms with Crippen LogP contribution in [0.4, 0.5) is 4.79 Å². The van der Waals surface area contributed by atoms with Gasteiger partial charge in [0.25, 0.3) is 0 Å². The Labute approximate surface area is 124 Å². The van der Waals surface area contributed by atoms with Crippen molar-refractivity contribution in [2.75, 3.05) is 13.2 Å². The number of hydrogen-bond donors (Lipinski definition) is 0. The third-order valence-corrected chi connectivity index (χ3v) is 4.23. The lowest BCUT2D eigenvalue weighted by atomic mass is 9.74. The predicted molar refractivity (Wildman–Crippen MR) is 79.7 cm³/mol. The maximum absolute atomic E-state index is 12.6. The fourth-order valence-corrected chi connectivity index (χ4v) is 3.22. The summed E-state index contributed by atoms with van der Waals surface area (Å²) in [5.74, 6) is 0.210. The molecule has 2 bridgehead atoms. The molecule has 1 aromatic carbocycles. The number of fused-ring (bicyclic) bond motifs is 3. The monoisotopic (exact) mass is 285 g/mol. The second kappa shape index (κ2) is 5.72. The van der Waals surface area contributed by atoms with Crippen molar-refractivity contribution < 1.29 is 14.3 Å². The number of nitrogens with zero attached hydrogens (tertiary/aromatic N) is 1. The van der Waals surface area contributed by atoms with Crippen LogP contribution in [0, 0.1) is 5.92 Å². The van der Waals surface area contributed by atoms with E-state index in [1.807, 2.05) is 36.4 Å². The molecule has 1 saturated carbocycles. The van der Waals surface area contributed by atoms with E-state index in [4.69, 9.17) is 4.74 Å². The number of carbonyl (C=O) groups excluding carboxylic acids is 2. The minimum atomic E-state index is -0.362. The van der Waals surface area contributed by atoms with Gasteiger partial charge in [-0.2, -0.15) is 0 Å². The highest BCUT2D eigenvalue weighted by Crippen LogP contribution is 2.37. The normalized spacial score (nSPS) is 26.2. The van der Waals surface area contributed by atoms with E-state index in [2.05, 4.69) is 0 Å². The number of ketones is 1. The van der Waals surface area contributed by atoms with Crippen LogP contribution < -0.4 is 0 Å². The van der Waals surface area contributed by atoms with E-state index in [0.29, 0.717) is 13.2 Å². The van der Waals surface area contributed by atoms with Crippen LogP contribution in [0.1, 0.15) is 25.3 Å². The van der Waals surface area contributed by atoms with Crippen LogP contribution >= 0.6 is 0 Å². The highest BCUT2D eigenvalue weighted by atomic mass is 16.6. The highest BCUT2D eigenvalue weighted by molar-refractivity contribution is 6.06. The number of rotatable bonds is 2. The molecule has 0 N–H and O–H groups in total. The van der Waals surface area contributed by atoms with Gasteiger partial charge in [-0.1, -0.05) is 30.3 Å². The van der Waals surface area contributed by atoms with E-state index < -0.39 is 0 Å². The minimum Gasteiger partial charge on any atom is -0.450 e. The largest absolute Gasteiger partial charge is 0.450 e. The molecule has 2 unspecified atom stereocenters. The van der Waals surface area contributed by atoms with Gasteiger partial charge in [0.2, 0.25) is 0 Å². The summed E-state index contributed by atoms with van der Waals surface area (Å²) in [5.41, 5.74) is 1.90. The molecule has 3 fully saturated rings. The molecule has 2 aliphatic heterocycles. The SMILES string of the molecule is CCOC(=O)N1CC2CCC1C(=O)C2=Cc1ccccc1. The Morgan fingerprint density at radius 3 is 2.76 bits per heavy atom. The van der Waals surface area contributed by atoms with Gasteiger partial charge < -0.3 is 4.74 Å². The second-order valence-corrected chi connectivity index (χ2v) is 5.52. The third kappa shape index (κ3) is 2.58. The first-order valence-electron chi connectivity index (χ1n) is 7.45. The van der Waals surface area contributed by atoms with Gasteiger partial charge in [-0.25, -0.2) is 4.79 Å². The molecule has 1 aromatic rings. The van der Waals surface area contributed by atoms with Crippen molar-refractivity contribution in [3.63, 3.8) is 0 Å². The lowest BCUT2D eigenvalue weighted by Crippen LogP contribution is -2.57. The molecule has 4 heteroatoms. The van der Waals surface area contributed by atoms with Crippen molar-refractivity contribution in [2.24, 2.45) is 5.92 Å². The number of benzene rings is 1. The first kappa shape index (κ1) is 13.9. The van der Waals surface area contributed by atoms with E-state index >= 15 is 0 Å². The molecule has 1 aliphatic carbocycles. The second-order valence-electron chi connectivity index (χ2n) is 5.52. The van der Waals surface area contributed by atoms with Crippen molar-refractivity contribution in [1.82, 2.24) is 4.90 Å². The molecule has 110 valence electrons. The van der Waals surface area contributed by atoms with Gasteiger partial charge in [0.1, 0.15) is 0 Å². The molecular formula is C17H19NO3. The Hall–Kier alpha value is -2.10. The number of carbonyl (C=O) groups is 2. The lowest BCUT2D eigenvalue weighted by Gasteiger charge is -2.44. The topological polar surface area (TPSA) is 46.6 Å². The standard InChI is InChI=1S/C17H19NO3/c1-2-21-17(20)18-11-13-8-9-15(18)16(19)14(13)10-12-6-4-3-5-7-12/h3-7,10,13,15H,2,8-9,11H2,1H3. The molecule has 2 atom stereocenters. The molecule has 2 heterocycles. The van der Waals surface area contributed by atoms with Crippen LogP contribution in [0.3, 0.4) is 0 Å². The fraction of sp³-hybridized carbons (Fsp3) is 0.412. The Morgan fingerprint density at radius 2 is 2.10 bits per heavy atom. The summed E-state index contributed by atoms with van der Waals surface area (Å²) >= 11 is 0. The van der Waals surface area contributed by atoms with Crippen molar-refractivity contribution in [3.8, 4) is 0 Å². The van der Waals surface area contributed by atoms with Gasteiger partial charge in [-0.15, -0.1) is 0 Å². The van der Waals surface area contributed by atoms with Crippen molar-refractivity contribution >= 4 is 18.0 Å². The zero-order chi connectivity index (χ0) is 14.8. The summed E-state index contributed by atoms with van der Waals surface area (Å²) in [7, 11) is 0. The fourth-order valence-electron chi connectivity index (χ4n) is 3.22. The van der Waals surface area contributed by atoms with Gasteiger partial charge in [0.05, 0.1) is 12.6 Å². The maximum atomic E-state index is 12.6. The van der Waals surface area contributed by atoms with Crippen LogP contribution in [-0.2, 0) is 9.53 Å². The molecule has 4 nitrogen and oxygen atoms in total. The Balaban J connectivity index is 1.84. The summed E-state index contributed by atoms with van der Waals surface area (Å²) < 4.78 is 5.05. The van der Waals surface area contributed by atoms with Crippen LogP contribution in [0.2, 0.25) is 0 Å². The number of ether oxygens (including phenoxy) is 1. The molecule has 21 heavy (non-hydrogen) atoms. The average molecular weight is 285 g/mol. The number of piperidine rings is 2.